The number of amides is 1. The van der Waals surface area contributed by atoms with Crippen molar-refractivity contribution in [3.05, 3.63) is 41.1 Å². The number of ether oxygens (including phenoxy) is 1. The zero-order chi connectivity index (χ0) is 23.0. The molecule has 1 unspecified atom stereocenters. The fraction of sp³-hybridized carbons (Fsp3) is 0.583. The van der Waals surface area contributed by atoms with E-state index >= 15 is 0 Å². The summed E-state index contributed by atoms with van der Waals surface area (Å²) in [7, 11) is 0. The highest BCUT2D eigenvalue weighted by Crippen LogP contribution is 2.37. The number of carbonyl (C=O) groups excluding carboxylic acids is 1. The molecule has 2 aliphatic heterocycles. The number of aromatic nitrogens is 2. The largest absolute Gasteiger partial charge is 0.481 e. The van der Waals surface area contributed by atoms with Crippen molar-refractivity contribution in [1.82, 2.24) is 14.7 Å². The summed E-state index contributed by atoms with van der Waals surface area (Å²) in [5, 5.41) is 7.66. The summed E-state index contributed by atoms with van der Waals surface area (Å²) < 4.78 is 34.7. The minimum atomic E-state index is -2.46. The van der Waals surface area contributed by atoms with Gasteiger partial charge in [0.25, 0.3) is 12.3 Å². The molecule has 2 aliphatic rings. The molecule has 0 saturated carbocycles. The number of benzene rings is 1. The van der Waals surface area contributed by atoms with Crippen molar-refractivity contribution in [3.63, 3.8) is 0 Å². The van der Waals surface area contributed by atoms with Gasteiger partial charge in [-0.2, -0.15) is 5.10 Å². The van der Waals surface area contributed by atoms with Crippen LogP contribution in [0.4, 0.5) is 14.6 Å². The highest BCUT2D eigenvalue weighted by Gasteiger charge is 2.38. The van der Waals surface area contributed by atoms with Gasteiger partial charge in [-0.05, 0) is 64.5 Å². The van der Waals surface area contributed by atoms with Crippen molar-refractivity contribution >= 4 is 11.7 Å². The normalized spacial score (nSPS) is 22.4. The number of hydrogen-bond donors (Lipinski definition) is 1. The summed E-state index contributed by atoms with van der Waals surface area (Å²) in [5.41, 5.74) is 2.89. The van der Waals surface area contributed by atoms with E-state index in [9.17, 15) is 13.6 Å². The molecule has 0 spiro atoms. The first-order valence-corrected chi connectivity index (χ1v) is 11.4. The van der Waals surface area contributed by atoms with E-state index in [-0.39, 0.29) is 17.9 Å². The van der Waals surface area contributed by atoms with Crippen molar-refractivity contribution in [1.29, 1.82) is 0 Å². The molecule has 1 fully saturated rings. The molecule has 174 valence electrons. The van der Waals surface area contributed by atoms with Crippen molar-refractivity contribution in [2.75, 3.05) is 18.4 Å². The average molecular weight is 447 g/mol. The number of hydrogen-bond acceptors (Lipinski definition) is 4. The van der Waals surface area contributed by atoms with Crippen molar-refractivity contribution in [3.8, 4) is 5.75 Å². The lowest BCUT2D eigenvalue weighted by Gasteiger charge is -2.40. The Morgan fingerprint density at radius 2 is 1.91 bits per heavy atom. The Labute approximate surface area is 187 Å². The van der Waals surface area contributed by atoms with E-state index in [2.05, 4.69) is 10.4 Å². The Morgan fingerprint density at radius 1 is 1.19 bits per heavy atom. The van der Waals surface area contributed by atoms with E-state index in [0.717, 1.165) is 35.4 Å². The van der Waals surface area contributed by atoms with Gasteiger partial charge in [-0.3, -0.25) is 4.79 Å². The maximum atomic E-state index is 13.7. The number of rotatable bonds is 5. The predicted octanol–water partition coefficient (Wildman–Crippen LogP) is 4.50. The molecule has 8 heteroatoms. The third-order valence-corrected chi connectivity index (χ3v) is 6.69. The molecule has 4 rings (SSSR count). The highest BCUT2D eigenvalue weighted by atomic mass is 19.3. The fourth-order valence-electron chi connectivity index (χ4n) is 4.96. The van der Waals surface area contributed by atoms with Crippen LogP contribution < -0.4 is 10.1 Å². The van der Waals surface area contributed by atoms with Gasteiger partial charge in [0.1, 0.15) is 17.6 Å². The maximum absolute atomic E-state index is 13.7. The van der Waals surface area contributed by atoms with Gasteiger partial charge in [0, 0.05) is 25.2 Å². The maximum Gasteiger partial charge on any atom is 0.263 e. The summed E-state index contributed by atoms with van der Waals surface area (Å²) in [4.78, 5) is 14.8. The lowest BCUT2D eigenvalue weighted by Crippen LogP contribution is -2.48. The van der Waals surface area contributed by atoms with Crippen LogP contribution in [0.15, 0.2) is 24.3 Å². The Morgan fingerprint density at radius 3 is 2.56 bits per heavy atom. The molecule has 32 heavy (non-hydrogen) atoms. The van der Waals surface area contributed by atoms with Crippen LogP contribution >= 0.6 is 0 Å². The summed E-state index contributed by atoms with van der Waals surface area (Å²) >= 11 is 0. The number of nitrogens with zero attached hydrogens (tertiary/aromatic N) is 3. The second-order valence-corrected chi connectivity index (χ2v) is 9.20. The van der Waals surface area contributed by atoms with Gasteiger partial charge in [0.15, 0.2) is 6.10 Å². The second-order valence-electron chi connectivity index (χ2n) is 9.20. The van der Waals surface area contributed by atoms with E-state index in [0.29, 0.717) is 25.3 Å². The SMILES string of the molecule is Cc1ccc(OC(C)C(=O)N2CCC([C@@H]3C[C@H](C(F)F)n4nc(C)cc4N3)CC2)c(C)c1. The average Bonchev–Trinajstić information content (AvgIpc) is 3.14. The Bertz CT molecular complexity index is 969. The van der Waals surface area contributed by atoms with Gasteiger partial charge in [0.05, 0.1) is 5.69 Å². The molecular weight excluding hydrogens is 414 g/mol. The number of anilines is 1. The molecular formula is C24H32F2N4O2. The van der Waals surface area contributed by atoms with Crippen LogP contribution in [0.5, 0.6) is 5.75 Å². The van der Waals surface area contributed by atoms with Crippen molar-refractivity contribution in [2.45, 2.75) is 71.6 Å². The van der Waals surface area contributed by atoms with Crippen LogP contribution in [-0.2, 0) is 4.79 Å². The van der Waals surface area contributed by atoms with Crippen molar-refractivity contribution in [2.24, 2.45) is 5.92 Å². The van der Waals surface area contributed by atoms with E-state index < -0.39 is 18.6 Å². The third kappa shape index (κ3) is 4.59. The van der Waals surface area contributed by atoms with Crippen molar-refractivity contribution < 1.29 is 18.3 Å². The summed E-state index contributed by atoms with van der Waals surface area (Å²) in [6.45, 7) is 8.82. The number of nitrogens with one attached hydrogen (secondary N) is 1. The Kier molecular flexibility index (Phi) is 6.40. The molecule has 1 N–H and O–H groups in total. The summed E-state index contributed by atoms with van der Waals surface area (Å²) in [6.07, 6.45) is -1.12. The van der Waals surface area contributed by atoms with Crippen LogP contribution in [0, 0.1) is 26.7 Å². The van der Waals surface area contributed by atoms with Gasteiger partial charge in [-0.15, -0.1) is 0 Å². The predicted molar refractivity (Wildman–Crippen MR) is 119 cm³/mol. The molecule has 0 radical (unpaired) electrons. The second kappa shape index (κ2) is 9.08. The number of piperidine rings is 1. The molecule has 0 bridgehead atoms. The zero-order valence-electron chi connectivity index (χ0n) is 19.1. The fourth-order valence-corrected chi connectivity index (χ4v) is 4.96. The van der Waals surface area contributed by atoms with E-state index in [4.69, 9.17) is 4.74 Å². The summed E-state index contributed by atoms with van der Waals surface area (Å²) in [6, 6.07) is 6.79. The van der Waals surface area contributed by atoms with E-state index in [1.807, 2.05) is 49.9 Å². The summed E-state index contributed by atoms with van der Waals surface area (Å²) in [5.74, 6) is 1.60. The lowest BCUT2D eigenvalue weighted by molar-refractivity contribution is -0.139. The first-order valence-electron chi connectivity index (χ1n) is 11.4. The molecule has 2 aromatic rings. The minimum Gasteiger partial charge on any atom is -0.481 e. The quantitative estimate of drug-likeness (QED) is 0.735. The molecule has 1 saturated heterocycles. The number of carbonyl (C=O) groups is 1. The molecule has 1 amide bonds. The van der Waals surface area contributed by atoms with Crippen LogP contribution in [0.1, 0.15) is 49.0 Å². The standard InChI is InChI=1S/C24H32F2N4O2/c1-14-5-6-21(15(2)11-14)32-17(4)24(31)29-9-7-18(8-10-29)19-13-20(23(25)26)30-22(27-19)12-16(3)28-30/h5-6,11-12,17-20,23,27H,7-10,13H2,1-4H3/t17?,19-,20+/m0/s1. The Hall–Kier alpha value is -2.64. The van der Waals surface area contributed by atoms with Gasteiger partial charge < -0.3 is 15.0 Å². The number of likely N-dealkylation sites (tertiary alicyclic amines) is 1. The first kappa shape index (κ1) is 22.6. The van der Waals surface area contributed by atoms with Gasteiger partial charge >= 0.3 is 0 Å². The smallest absolute Gasteiger partial charge is 0.263 e. The van der Waals surface area contributed by atoms with Gasteiger partial charge in [-0.1, -0.05) is 17.7 Å². The molecule has 1 aromatic heterocycles. The Balaban J connectivity index is 1.35. The lowest BCUT2D eigenvalue weighted by atomic mass is 9.85. The van der Waals surface area contributed by atoms with Gasteiger partial charge in [-0.25, -0.2) is 13.5 Å². The monoisotopic (exact) mass is 446 g/mol. The molecule has 0 aliphatic carbocycles. The van der Waals surface area contributed by atoms with E-state index in [1.165, 1.54) is 4.68 Å². The third-order valence-electron chi connectivity index (χ3n) is 6.69. The molecule has 3 atom stereocenters. The molecule has 1 aromatic carbocycles. The minimum absolute atomic E-state index is 0.0285. The number of alkyl halides is 2. The first-order chi connectivity index (χ1) is 15.2. The van der Waals surface area contributed by atoms with Gasteiger partial charge in [0.2, 0.25) is 0 Å². The number of aryl methyl sites for hydroxylation is 3. The van der Waals surface area contributed by atoms with Crippen LogP contribution in [0.3, 0.4) is 0 Å². The topological polar surface area (TPSA) is 59.4 Å². The van der Waals surface area contributed by atoms with Crippen LogP contribution in [-0.4, -0.2) is 52.2 Å². The number of fused-ring (bicyclic) bond motifs is 1. The number of halogens is 2. The highest BCUT2D eigenvalue weighted by molar-refractivity contribution is 5.81. The zero-order valence-corrected chi connectivity index (χ0v) is 19.1. The van der Waals surface area contributed by atoms with E-state index in [1.54, 1.807) is 6.92 Å². The van der Waals surface area contributed by atoms with Crippen LogP contribution in [0.25, 0.3) is 0 Å². The van der Waals surface area contributed by atoms with Crippen LogP contribution in [0.2, 0.25) is 0 Å². The molecule has 6 nitrogen and oxygen atoms in total. The molecule has 3 heterocycles.